The van der Waals surface area contributed by atoms with Crippen molar-refractivity contribution in [2.24, 2.45) is 0 Å². The van der Waals surface area contributed by atoms with Gasteiger partial charge in [-0.2, -0.15) is 0 Å². The first-order valence-corrected chi connectivity index (χ1v) is 1.72. The Bertz CT molecular complexity index is 142. The zero-order valence-corrected chi connectivity index (χ0v) is 3.67. The number of hydrogen-bond donors (Lipinski definition) is 0. The summed E-state index contributed by atoms with van der Waals surface area (Å²) in [5, 5.41) is 9.21. The highest BCUT2D eigenvalue weighted by atomic mass is 19.2. The molecule has 0 aliphatic heterocycles. The lowest BCUT2D eigenvalue weighted by Gasteiger charge is -1.66. The normalized spacial score (nSPS) is 9.43. The summed E-state index contributed by atoms with van der Waals surface area (Å²) in [7, 11) is 0. The number of aryl methyl sites for hydroxylation is 1. The van der Waals surface area contributed by atoms with Gasteiger partial charge in [0.2, 0.25) is 0 Å². The summed E-state index contributed by atoms with van der Waals surface area (Å²) in [5.41, 5.74) is 0. The van der Waals surface area contributed by atoms with Crippen molar-refractivity contribution < 1.29 is 4.48 Å². The van der Waals surface area contributed by atoms with E-state index in [1.54, 1.807) is 6.92 Å². The van der Waals surface area contributed by atoms with Crippen molar-refractivity contribution in [2.45, 2.75) is 6.92 Å². The molecule has 0 saturated heterocycles. The summed E-state index contributed by atoms with van der Waals surface area (Å²) in [6, 6.07) is 0. The lowest BCUT2D eigenvalue weighted by molar-refractivity contribution is 0.257. The van der Waals surface area contributed by atoms with E-state index < -0.39 is 0 Å². The lowest BCUT2D eigenvalue weighted by atomic mass is 10.8. The number of rotatable bonds is 0. The van der Waals surface area contributed by atoms with Gasteiger partial charge in [0, 0.05) is 5.02 Å². The smallest absolute Gasteiger partial charge is 0.111 e. The fourth-order valence-electron chi connectivity index (χ4n) is 0.261. The van der Waals surface area contributed by atoms with Crippen LogP contribution in [-0.4, -0.2) is 20.4 Å². The fourth-order valence-corrected chi connectivity index (χ4v) is 0.261. The molecule has 1 heterocycles. The van der Waals surface area contributed by atoms with Crippen molar-refractivity contribution in [1.29, 1.82) is 0 Å². The summed E-state index contributed by atoms with van der Waals surface area (Å²) in [6.45, 7) is 1.56. The second-order valence-corrected chi connectivity index (χ2v) is 1.08. The second-order valence-electron chi connectivity index (χ2n) is 1.08. The largest absolute Gasteiger partial charge is 0.174 e. The quantitative estimate of drug-likeness (QED) is 0.452. The van der Waals surface area contributed by atoms with Gasteiger partial charge in [-0.1, -0.05) is 4.48 Å². The topological polar surface area (TPSA) is 43.6 Å². The maximum atomic E-state index is 11.6. The van der Waals surface area contributed by atoms with E-state index in [0.717, 1.165) is 0 Å². The maximum Gasteiger partial charge on any atom is 0.174 e. The highest BCUT2D eigenvalue weighted by molar-refractivity contribution is 4.64. The molecule has 0 fully saturated rings. The Morgan fingerprint density at radius 2 is 2.43 bits per heavy atom. The van der Waals surface area contributed by atoms with Crippen LogP contribution in [0.2, 0.25) is 0 Å². The highest BCUT2D eigenvalue weighted by Crippen LogP contribution is 1.77. The molecule has 0 saturated carbocycles. The molecule has 38 valence electrons. The minimum Gasteiger partial charge on any atom is -0.111 e. The van der Waals surface area contributed by atoms with Gasteiger partial charge in [0.15, 0.2) is 5.82 Å². The van der Waals surface area contributed by atoms with Gasteiger partial charge < -0.3 is 0 Å². The van der Waals surface area contributed by atoms with Crippen molar-refractivity contribution in [3.63, 3.8) is 0 Å². The Morgan fingerprint density at radius 1 is 1.71 bits per heavy atom. The Morgan fingerprint density at radius 3 is 2.57 bits per heavy atom. The van der Waals surface area contributed by atoms with Crippen LogP contribution in [-0.2, 0) is 0 Å². The molecule has 0 spiro atoms. The van der Waals surface area contributed by atoms with Crippen LogP contribution < -0.4 is 0 Å². The predicted molar refractivity (Wildman–Crippen MR) is 19.1 cm³/mol. The first-order chi connectivity index (χ1) is 3.29. The van der Waals surface area contributed by atoms with Gasteiger partial charge in [-0.15, -0.1) is 10.2 Å². The predicted octanol–water partition coefficient (Wildman–Crippen LogP) is -0.286. The number of tetrazole rings is 1. The maximum absolute atomic E-state index is 11.6. The molecule has 0 radical (unpaired) electrons. The van der Waals surface area contributed by atoms with Crippen LogP contribution in [0.5, 0.6) is 0 Å². The van der Waals surface area contributed by atoms with Crippen LogP contribution in [0, 0.1) is 6.92 Å². The van der Waals surface area contributed by atoms with E-state index in [9.17, 15) is 4.48 Å². The molecule has 0 aliphatic carbocycles. The Labute approximate surface area is 38.9 Å². The molecule has 0 atom stereocenters. The van der Waals surface area contributed by atoms with Crippen molar-refractivity contribution in [3.05, 3.63) is 5.82 Å². The fraction of sp³-hybridized carbons (Fsp3) is 0.500. The minimum absolute atomic E-state index is 0.0741. The van der Waals surface area contributed by atoms with Gasteiger partial charge >= 0.3 is 0 Å². The average Bonchev–Trinajstić information content (AvgIpc) is 1.87. The van der Waals surface area contributed by atoms with Crippen LogP contribution in [0.4, 0.5) is 4.48 Å². The van der Waals surface area contributed by atoms with Crippen molar-refractivity contribution >= 4 is 0 Å². The number of nitrogens with zero attached hydrogens (tertiary/aromatic N) is 4. The van der Waals surface area contributed by atoms with Crippen LogP contribution in [0.3, 0.4) is 0 Å². The van der Waals surface area contributed by atoms with E-state index in [0.29, 0.717) is 5.82 Å². The third-order valence-corrected chi connectivity index (χ3v) is 0.490. The number of aromatic nitrogens is 4. The SMILES string of the molecule is Cc1nnn(F)n1. The van der Waals surface area contributed by atoms with Gasteiger partial charge in [-0.05, 0) is 12.1 Å². The third kappa shape index (κ3) is 0.703. The molecule has 5 heteroatoms. The lowest BCUT2D eigenvalue weighted by Crippen LogP contribution is -1.85. The molecule has 0 aromatic carbocycles. The van der Waals surface area contributed by atoms with Gasteiger partial charge in [0.05, 0.1) is 0 Å². The van der Waals surface area contributed by atoms with Crippen LogP contribution in [0.15, 0.2) is 0 Å². The molecular formula is C2H3FN4. The molecule has 0 N–H and O–H groups in total. The number of hydrogen-bond acceptors (Lipinski definition) is 3. The van der Waals surface area contributed by atoms with Gasteiger partial charge in [-0.3, -0.25) is 0 Å². The second kappa shape index (κ2) is 1.25. The summed E-state index contributed by atoms with van der Waals surface area (Å²) >= 11 is 0. The molecule has 1 rings (SSSR count). The van der Waals surface area contributed by atoms with Crippen LogP contribution >= 0.6 is 0 Å². The Kier molecular flexibility index (Phi) is 0.744. The Balaban J connectivity index is 3.04. The number of halogens is 1. The van der Waals surface area contributed by atoms with E-state index in [-0.39, 0.29) is 5.02 Å². The van der Waals surface area contributed by atoms with E-state index in [1.165, 1.54) is 0 Å². The molecule has 0 amide bonds. The zero-order chi connectivity index (χ0) is 5.28. The van der Waals surface area contributed by atoms with Crippen LogP contribution in [0.1, 0.15) is 5.82 Å². The molecule has 1 aromatic rings. The minimum atomic E-state index is -0.0741. The monoisotopic (exact) mass is 102 g/mol. The van der Waals surface area contributed by atoms with E-state index in [2.05, 4.69) is 15.4 Å². The van der Waals surface area contributed by atoms with E-state index in [4.69, 9.17) is 0 Å². The molecule has 0 unspecified atom stereocenters. The van der Waals surface area contributed by atoms with Gasteiger partial charge in [-0.25, -0.2) is 0 Å². The molecule has 1 aromatic heterocycles. The highest BCUT2D eigenvalue weighted by Gasteiger charge is 1.89. The molecule has 0 aliphatic rings. The molecule has 7 heavy (non-hydrogen) atoms. The zero-order valence-electron chi connectivity index (χ0n) is 3.67. The van der Waals surface area contributed by atoms with Crippen molar-refractivity contribution in [2.75, 3.05) is 0 Å². The standard InChI is InChI=1S/C2H3FN4/c1-2-4-6-7(3)5-2/h1H3. The summed E-state index contributed by atoms with van der Waals surface area (Å²) < 4.78 is 11.6. The van der Waals surface area contributed by atoms with Gasteiger partial charge in [0.1, 0.15) is 0 Å². The third-order valence-electron chi connectivity index (χ3n) is 0.490. The summed E-state index contributed by atoms with van der Waals surface area (Å²) in [4.78, 5) is 0. The molecule has 4 nitrogen and oxygen atoms in total. The first-order valence-electron chi connectivity index (χ1n) is 1.72. The Hall–Kier alpha value is -1.00. The molecular weight excluding hydrogens is 99.0 g/mol. The van der Waals surface area contributed by atoms with E-state index >= 15 is 0 Å². The van der Waals surface area contributed by atoms with Crippen molar-refractivity contribution in [3.8, 4) is 0 Å². The van der Waals surface area contributed by atoms with E-state index in [1.807, 2.05) is 0 Å². The summed E-state index contributed by atoms with van der Waals surface area (Å²) in [6.07, 6.45) is 0. The summed E-state index contributed by atoms with van der Waals surface area (Å²) in [5.74, 6) is 0.336. The average molecular weight is 102 g/mol. The first kappa shape index (κ1) is 4.17. The van der Waals surface area contributed by atoms with Crippen LogP contribution in [0.25, 0.3) is 0 Å². The van der Waals surface area contributed by atoms with Gasteiger partial charge in [0.25, 0.3) is 0 Å². The molecule has 0 bridgehead atoms. The van der Waals surface area contributed by atoms with Crippen molar-refractivity contribution in [1.82, 2.24) is 20.4 Å².